The lowest BCUT2D eigenvalue weighted by Crippen LogP contribution is -2.14. The standard InChI is InChI=1S/C19H15Cl2N5O4/c20-12-1-4-15(17(21)9-12)16-10-13(2-5-18(16)26(29)30)22-7-8-23-19-6-3-14(11-24-19)25(27)28/h1-6,9-11,22H,7-8H2,(H,23,24). The third-order valence-electron chi connectivity index (χ3n) is 4.13. The quantitative estimate of drug-likeness (QED) is 0.269. The molecule has 3 rings (SSSR count). The van der Waals surface area contributed by atoms with Crippen LogP contribution >= 0.6 is 23.2 Å². The van der Waals surface area contributed by atoms with E-state index in [-0.39, 0.29) is 11.4 Å². The summed E-state index contributed by atoms with van der Waals surface area (Å²) >= 11 is 12.2. The maximum atomic E-state index is 11.4. The fraction of sp³-hybridized carbons (Fsp3) is 0.105. The largest absolute Gasteiger partial charge is 0.383 e. The van der Waals surface area contributed by atoms with Gasteiger partial charge in [0.2, 0.25) is 0 Å². The summed E-state index contributed by atoms with van der Waals surface area (Å²) in [4.78, 5) is 25.0. The SMILES string of the molecule is O=[N+]([O-])c1ccc(NCCNc2ccc([N+](=O)[O-])c(-c3ccc(Cl)cc3Cl)c2)nc1. The van der Waals surface area contributed by atoms with E-state index >= 15 is 0 Å². The van der Waals surface area contributed by atoms with Gasteiger partial charge in [0.15, 0.2) is 0 Å². The van der Waals surface area contributed by atoms with Gasteiger partial charge in [-0.2, -0.15) is 0 Å². The van der Waals surface area contributed by atoms with Crippen molar-refractivity contribution in [2.45, 2.75) is 0 Å². The molecule has 1 aromatic heterocycles. The van der Waals surface area contributed by atoms with Crippen LogP contribution in [0.1, 0.15) is 0 Å². The summed E-state index contributed by atoms with van der Waals surface area (Å²) in [6.07, 6.45) is 1.17. The van der Waals surface area contributed by atoms with E-state index in [9.17, 15) is 20.2 Å². The maximum Gasteiger partial charge on any atom is 0.287 e. The molecule has 154 valence electrons. The first kappa shape index (κ1) is 21.3. The third kappa shape index (κ3) is 5.13. The van der Waals surface area contributed by atoms with E-state index in [0.717, 1.165) is 0 Å². The van der Waals surface area contributed by atoms with Gasteiger partial charge >= 0.3 is 0 Å². The van der Waals surface area contributed by atoms with Gasteiger partial charge in [-0.3, -0.25) is 20.2 Å². The van der Waals surface area contributed by atoms with Crippen molar-refractivity contribution >= 4 is 46.1 Å². The Hall–Kier alpha value is -3.43. The highest BCUT2D eigenvalue weighted by molar-refractivity contribution is 6.36. The second-order valence-corrected chi connectivity index (χ2v) is 6.97. The predicted molar refractivity (Wildman–Crippen MR) is 116 cm³/mol. The zero-order chi connectivity index (χ0) is 21.7. The Labute approximate surface area is 181 Å². The van der Waals surface area contributed by atoms with Crippen LogP contribution in [0.15, 0.2) is 54.7 Å². The van der Waals surface area contributed by atoms with Crippen molar-refractivity contribution < 1.29 is 9.85 Å². The molecule has 1 heterocycles. The van der Waals surface area contributed by atoms with Crippen molar-refractivity contribution in [3.05, 3.63) is 85.0 Å². The molecule has 3 aromatic rings. The Kier molecular flexibility index (Phi) is 6.65. The van der Waals surface area contributed by atoms with Gasteiger partial charge < -0.3 is 10.6 Å². The van der Waals surface area contributed by atoms with E-state index < -0.39 is 9.85 Å². The number of rotatable bonds is 8. The zero-order valence-corrected chi connectivity index (χ0v) is 16.9. The average molecular weight is 448 g/mol. The van der Waals surface area contributed by atoms with Crippen LogP contribution in [0.2, 0.25) is 10.0 Å². The first-order valence-electron chi connectivity index (χ1n) is 8.67. The van der Waals surface area contributed by atoms with Crippen LogP contribution in [-0.4, -0.2) is 27.9 Å². The first-order chi connectivity index (χ1) is 14.3. The fourth-order valence-electron chi connectivity index (χ4n) is 2.72. The highest BCUT2D eigenvalue weighted by Crippen LogP contribution is 2.37. The number of hydrogen-bond donors (Lipinski definition) is 2. The maximum absolute atomic E-state index is 11.4. The molecule has 0 saturated heterocycles. The molecule has 0 radical (unpaired) electrons. The molecular formula is C19H15Cl2N5O4. The molecule has 0 aliphatic rings. The molecule has 0 saturated carbocycles. The molecule has 2 aromatic carbocycles. The molecule has 0 atom stereocenters. The lowest BCUT2D eigenvalue weighted by atomic mass is 10.0. The summed E-state index contributed by atoms with van der Waals surface area (Å²) in [7, 11) is 0. The molecule has 0 unspecified atom stereocenters. The monoisotopic (exact) mass is 447 g/mol. The number of pyridine rings is 1. The lowest BCUT2D eigenvalue weighted by molar-refractivity contribution is -0.385. The molecule has 0 fully saturated rings. The number of halogens is 2. The van der Waals surface area contributed by atoms with E-state index in [2.05, 4.69) is 15.6 Å². The minimum atomic E-state index is -0.516. The van der Waals surface area contributed by atoms with Gasteiger partial charge in [-0.05, 0) is 30.3 Å². The van der Waals surface area contributed by atoms with Crippen LogP contribution in [0, 0.1) is 20.2 Å². The highest BCUT2D eigenvalue weighted by atomic mass is 35.5. The van der Waals surface area contributed by atoms with Crippen molar-refractivity contribution in [2.24, 2.45) is 0 Å². The summed E-state index contributed by atoms with van der Waals surface area (Å²) in [6, 6.07) is 12.3. The summed E-state index contributed by atoms with van der Waals surface area (Å²) in [5.41, 5.74) is 1.39. The molecule has 0 amide bonds. The second-order valence-electron chi connectivity index (χ2n) is 6.13. The number of anilines is 2. The minimum Gasteiger partial charge on any atom is -0.383 e. The number of aromatic nitrogens is 1. The predicted octanol–water partition coefficient (Wildman–Crippen LogP) is 5.40. The van der Waals surface area contributed by atoms with Crippen molar-refractivity contribution in [3.8, 4) is 11.1 Å². The van der Waals surface area contributed by atoms with Crippen LogP contribution in [-0.2, 0) is 0 Å². The Balaban J connectivity index is 1.69. The molecule has 9 nitrogen and oxygen atoms in total. The van der Waals surface area contributed by atoms with Crippen molar-refractivity contribution in [2.75, 3.05) is 23.7 Å². The first-order valence-corrected chi connectivity index (χ1v) is 9.43. The third-order valence-corrected chi connectivity index (χ3v) is 4.68. The van der Waals surface area contributed by atoms with Crippen LogP contribution in [0.5, 0.6) is 0 Å². The van der Waals surface area contributed by atoms with Crippen molar-refractivity contribution in [1.82, 2.24) is 4.98 Å². The topological polar surface area (TPSA) is 123 Å². The molecular weight excluding hydrogens is 433 g/mol. The van der Waals surface area contributed by atoms with Gasteiger partial charge in [-0.1, -0.05) is 29.3 Å². The van der Waals surface area contributed by atoms with Gasteiger partial charge in [-0.15, -0.1) is 0 Å². The summed E-state index contributed by atoms with van der Waals surface area (Å²) < 4.78 is 0. The van der Waals surface area contributed by atoms with E-state index in [4.69, 9.17) is 23.2 Å². The average Bonchev–Trinajstić information content (AvgIpc) is 2.71. The molecule has 0 spiro atoms. The summed E-state index contributed by atoms with van der Waals surface area (Å²) in [5, 5.41) is 29.0. The van der Waals surface area contributed by atoms with E-state index in [1.54, 1.807) is 24.3 Å². The van der Waals surface area contributed by atoms with E-state index in [1.165, 1.54) is 30.5 Å². The van der Waals surface area contributed by atoms with Crippen LogP contribution in [0.4, 0.5) is 22.9 Å². The Bertz CT molecular complexity index is 1090. The van der Waals surface area contributed by atoms with Crippen molar-refractivity contribution in [3.63, 3.8) is 0 Å². The zero-order valence-electron chi connectivity index (χ0n) is 15.3. The van der Waals surface area contributed by atoms with Gasteiger partial charge in [0.25, 0.3) is 11.4 Å². The number of nitro groups is 2. The van der Waals surface area contributed by atoms with E-state index in [1.807, 2.05) is 0 Å². The molecule has 0 aliphatic carbocycles. The normalized spacial score (nSPS) is 10.5. The minimum absolute atomic E-state index is 0.0713. The number of nitrogens with zero attached hydrogens (tertiary/aromatic N) is 3. The Morgan fingerprint density at radius 2 is 1.63 bits per heavy atom. The molecule has 2 N–H and O–H groups in total. The van der Waals surface area contributed by atoms with Crippen molar-refractivity contribution in [1.29, 1.82) is 0 Å². The Morgan fingerprint density at radius 3 is 2.27 bits per heavy atom. The Morgan fingerprint density at radius 1 is 0.867 bits per heavy atom. The summed E-state index contributed by atoms with van der Waals surface area (Å²) in [5.74, 6) is 0.500. The summed E-state index contributed by atoms with van der Waals surface area (Å²) in [6.45, 7) is 0.948. The second kappa shape index (κ2) is 9.38. The van der Waals surface area contributed by atoms with Gasteiger partial charge in [0.1, 0.15) is 12.0 Å². The smallest absolute Gasteiger partial charge is 0.287 e. The molecule has 11 heteroatoms. The number of nitrogens with one attached hydrogen (secondary N) is 2. The lowest BCUT2D eigenvalue weighted by Gasteiger charge is -2.11. The number of nitro benzene ring substituents is 1. The number of hydrogen-bond acceptors (Lipinski definition) is 7. The fourth-order valence-corrected chi connectivity index (χ4v) is 3.24. The molecule has 0 aliphatic heterocycles. The van der Waals surface area contributed by atoms with Crippen LogP contribution < -0.4 is 10.6 Å². The van der Waals surface area contributed by atoms with E-state index in [0.29, 0.717) is 45.8 Å². The van der Waals surface area contributed by atoms with Gasteiger partial charge in [0.05, 0.1) is 20.4 Å². The van der Waals surface area contributed by atoms with Gasteiger partial charge in [0, 0.05) is 41.5 Å². The van der Waals surface area contributed by atoms with Gasteiger partial charge in [-0.25, -0.2) is 4.98 Å². The molecule has 0 bridgehead atoms. The number of benzene rings is 2. The molecule has 30 heavy (non-hydrogen) atoms. The van der Waals surface area contributed by atoms with Crippen LogP contribution in [0.25, 0.3) is 11.1 Å². The highest BCUT2D eigenvalue weighted by Gasteiger charge is 2.18. The van der Waals surface area contributed by atoms with Crippen LogP contribution in [0.3, 0.4) is 0 Å².